The van der Waals surface area contributed by atoms with Crippen LogP contribution in [0.3, 0.4) is 0 Å². The molecule has 0 unspecified atom stereocenters. The Labute approximate surface area is 91.0 Å². The second-order valence-electron chi connectivity index (χ2n) is 4.64. The predicted octanol–water partition coefficient (Wildman–Crippen LogP) is -0.292. The van der Waals surface area contributed by atoms with Crippen LogP contribution in [0.1, 0.15) is 27.2 Å². The highest BCUT2D eigenvalue weighted by atomic mass is 16.2. The normalized spacial score (nSPS) is 11.2. The number of likely N-dealkylation sites (N-methyl/N-ethyl adjacent to an activating group) is 1. The molecule has 2 amide bonds. The predicted molar refractivity (Wildman–Crippen MR) is 59.2 cm³/mol. The quantitative estimate of drug-likeness (QED) is 0.661. The molecule has 0 bridgehead atoms. The van der Waals surface area contributed by atoms with Crippen molar-refractivity contribution in [3.8, 4) is 0 Å². The average molecular weight is 215 g/mol. The van der Waals surface area contributed by atoms with Gasteiger partial charge in [-0.25, -0.2) is 0 Å². The molecule has 0 aliphatic heterocycles. The highest BCUT2D eigenvalue weighted by Gasteiger charge is 2.13. The lowest BCUT2D eigenvalue weighted by molar-refractivity contribution is -0.133. The van der Waals surface area contributed by atoms with Gasteiger partial charge in [0.1, 0.15) is 0 Å². The standard InChI is InChI=1S/C10H21N3O2/c1-10(2,3)12-6-5-9(15)13(4)7-8(11)14/h12H,5-7H2,1-4H3,(H2,11,14). The minimum absolute atomic E-state index is 0.00252. The molecule has 0 aromatic rings. The van der Waals surface area contributed by atoms with E-state index >= 15 is 0 Å². The van der Waals surface area contributed by atoms with Crippen LogP contribution in [0.2, 0.25) is 0 Å². The van der Waals surface area contributed by atoms with E-state index in [1.807, 2.05) is 20.8 Å². The summed E-state index contributed by atoms with van der Waals surface area (Å²) in [6.45, 7) is 6.68. The molecule has 5 heteroatoms. The smallest absolute Gasteiger partial charge is 0.237 e. The van der Waals surface area contributed by atoms with Gasteiger partial charge in [0.2, 0.25) is 11.8 Å². The molecule has 0 radical (unpaired) electrons. The number of carbonyl (C=O) groups excluding carboxylic acids is 2. The number of hydrogen-bond acceptors (Lipinski definition) is 3. The summed E-state index contributed by atoms with van der Waals surface area (Å²) in [6, 6.07) is 0. The molecule has 0 heterocycles. The fourth-order valence-electron chi connectivity index (χ4n) is 1.06. The van der Waals surface area contributed by atoms with Gasteiger partial charge in [0.15, 0.2) is 0 Å². The van der Waals surface area contributed by atoms with E-state index in [-0.39, 0.29) is 18.0 Å². The number of nitrogens with one attached hydrogen (secondary N) is 1. The molecular formula is C10H21N3O2. The van der Waals surface area contributed by atoms with Crippen LogP contribution in [-0.4, -0.2) is 42.4 Å². The first-order valence-electron chi connectivity index (χ1n) is 4.99. The maximum Gasteiger partial charge on any atom is 0.237 e. The molecule has 0 saturated carbocycles. The molecule has 0 spiro atoms. The van der Waals surface area contributed by atoms with Crippen LogP contribution < -0.4 is 11.1 Å². The Morgan fingerprint density at radius 1 is 1.33 bits per heavy atom. The molecule has 0 saturated heterocycles. The Morgan fingerprint density at radius 3 is 2.27 bits per heavy atom. The summed E-state index contributed by atoms with van der Waals surface area (Å²) < 4.78 is 0. The molecule has 0 aromatic carbocycles. The van der Waals surface area contributed by atoms with E-state index in [9.17, 15) is 9.59 Å². The summed E-state index contributed by atoms with van der Waals surface area (Å²) in [6.07, 6.45) is 0.376. The maximum atomic E-state index is 11.4. The topological polar surface area (TPSA) is 75.4 Å². The zero-order valence-electron chi connectivity index (χ0n) is 9.96. The number of hydrogen-bond donors (Lipinski definition) is 2. The number of carbonyl (C=O) groups is 2. The zero-order chi connectivity index (χ0) is 12.1. The van der Waals surface area contributed by atoms with Crippen molar-refractivity contribution in [1.29, 1.82) is 0 Å². The van der Waals surface area contributed by atoms with Crippen molar-refractivity contribution in [3.63, 3.8) is 0 Å². The van der Waals surface area contributed by atoms with Crippen LogP contribution in [0.4, 0.5) is 0 Å². The van der Waals surface area contributed by atoms with Crippen molar-refractivity contribution < 1.29 is 9.59 Å². The van der Waals surface area contributed by atoms with Crippen LogP contribution >= 0.6 is 0 Å². The third-order valence-electron chi connectivity index (χ3n) is 1.81. The SMILES string of the molecule is CN(CC(N)=O)C(=O)CCNC(C)(C)C. The van der Waals surface area contributed by atoms with E-state index in [0.717, 1.165) is 0 Å². The number of primary amides is 1. The van der Waals surface area contributed by atoms with Gasteiger partial charge in [-0.2, -0.15) is 0 Å². The van der Waals surface area contributed by atoms with Crippen LogP contribution in [0, 0.1) is 0 Å². The molecule has 5 nitrogen and oxygen atoms in total. The van der Waals surface area contributed by atoms with Crippen LogP contribution in [0.25, 0.3) is 0 Å². The summed E-state index contributed by atoms with van der Waals surface area (Å²) in [5.41, 5.74) is 4.98. The van der Waals surface area contributed by atoms with E-state index < -0.39 is 5.91 Å². The van der Waals surface area contributed by atoms with E-state index in [2.05, 4.69) is 5.32 Å². The fraction of sp³-hybridized carbons (Fsp3) is 0.800. The van der Waals surface area contributed by atoms with Gasteiger partial charge < -0.3 is 16.0 Å². The second kappa shape index (κ2) is 5.70. The Bertz CT molecular complexity index is 233. The van der Waals surface area contributed by atoms with Crippen LogP contribution in [0.15, 0.2) is 0 Å². The summed E-state index contributed by atoms with van der Waals surface area (Å²) in [5.74, 6) is -0.569. The average Bonchev–Trinajstić information content (AvgIpc) is 2.00. The van der Waals surface area contributed by atoms with Gasteiger partial charge in [-0.05, 0) is 20.8 Å². The zero-order valence-corrected chi connectivity index (χ0v) is 9.96. The first kappa shape index (κ1) is 13.9. The lowest BCUT2D eigenvalue weighted by Crippen LogP contribution is -2.40. The summed E-state index contributed by atoms with van der Waals surface area (Å²) in [7, 11) is 1.57. The first-order valence-corrected chi connectivity index (χ1v) is 4.99. The lowest BCUT2D eigenvalue weighted by atomic mass is 10.1. The Morgan fingerprint density at radius 2 is 1.87 bits per heavy atom. The van der Waals surface area contributed by atoms with Crippen molar-refractivity contribution >= 4 is 11.8 Å². The molecule has 3 N–H and O–H groups in total. The van der Waals surface area contributed by atoms with E-state index in [4.69, 9.17) is 5.73 Å². The highest BCUT2D eigenvalue weighted by Crippen LogP contribution is 1.98. The number of nitrogens with zero attached hydrogens (tertiary/aromatic N) is 1. The molecule has 0 rings (SSSR count). The molecule has 0 fully saturated rings. The van der Waals surface area contributed by atoms with Crippen molar-refractivity contribution in [2.24, 2.45) is 5.73 Å². The minimum Gasteiger partial charge on any atom is -0.368 e. The molecule has 0 aliphatic carbocycles. The summed E-state index contributed by atoms with van der Waals surface area (Å²) in [4.78, 5) is 23.3. The molecule has 15 heavy (non-hydrogen) atoms. The van der Waals surface area contributed by atoms with Gasteiger partial charge in [-0.1, -0.05) is 0 Å². The molecule has 0 aromatic heterocycles. The van der Waals surface area contributed by atoms with E-state index in [1.165, 1.54) is 4.90 Å². The Hall–Kier alpha value is -1.10. The van der Waals surface area contributed by atoms with Crippen molar-refractivity contribution in [1.82, 2.24) is 10.2 Å². The van der Waals surface area contributed by atoms with Crippen molar-refractivity contribution in [2.75, 3.05) is 20.1 Å². The maximum absolute atomic E-state index is 11.4. The number of amides is 2. The third kappa shape index (κ3) is 7.93. The highest BCUT2D eigenvalue weighted by molar-refractivity contribution is 5.83. The Balaban J connectivity index is 3.79. The monoisotopic (exact) mass is 215 g/mol. The third-order valence-corrected chi connectivity index (χ3v) is 1.81. The van der Waals surface area contributed by atoms with Crippen molar-refractivity contribution in [2.45, 2.75) is 32.7 Å². The van der Waals surface area contributed by atoms with Crippen LogP contribution in [-0.2, 0) is 9.59 Å². The largest absolute Gasteiger partial charge is 0.368 e. The molecule has 0 aliphatic rings. The van der Waals surface area contributed by atoms with Gasteiger partial charge in [-0.15, -0.1) is 0 Å². The fourth-order valence-corrected chi connectivity index (χ4v) is 1.06. The number of nitrogens with two attached hydrogens (primary N) is 1. The van der Waals surface area contributed by atoms with Crippen LogP contribution in [0.5, 0.6) is 0 Å². The molecule has 0 atom stereocenters. The molecular weight excluding hydrogens is 194 g/mol. The lowest BCUT2D eigenvalue weighted by Gasteiger charge is -2.21. The minimum atomic E-state index is -0.491. The van der Waals surface area contributed by atoms with E-state index in [0.29, 0.717) is 13.0 Å². The van der Waals surface area contributed by atoms with E-state index in [1.54, 1.807) is 7.05 Å². The van der Waals surface area contributed by atoms with Gasteiger partial charge in [0.05, 0.1) is 6.54 Å². The number of rotatable bonds is 5. The molecule has 88 valence electrons. The van der Waals surface area contributed by atoms with Gasteiger partial charge in [0, 0.05) is 25.6 Å². The van der Waals surface area contributed by atoms with Crippen molar-refractivity contribution in [3.05, 3.63) is 0 Å². The summed E-state index contributed by atoms with van der Waals surface area (Å²) in [5, 5.41) is 3.20. The first-order chi connectivity index (χ1) is 6.72. The van der Waals surface area contributed by atoms with Gasteiger partial charge in [0.25, 0.3) is 0 Å². The Kier molecular flexibility index (Phi) is 5.28. The van der Waals surface area contributed by atoms with Gasteiger partial charge >= 0.3 is 0 Å². The second-order valence-corrected chi connectivity index (χ2v) is 4.64. The summed E-state index contributed by atoms with van der Waals surface area (Å²) >= 11 is 0. The van der Waals surface area contributed by atoms with Gasteiger partial charge in [-0.3, -0.25) is 9.59 Å².